The molecule has 36 heavy (non-hydrogen) atoms. The van der Waals surface area contributed by atoms with Gasteiger partial charge in [-0.1, -0.05) is 42.8 Å². The second-order valence-corrected chi connectivity index (χ2v) is 9.76. The standard InChI is InChI=1S/C29H27N5OS/c1-3-27(35)32-19-7-4-6-18(15-19)23-12-11-22(30)29(34-23)28(31)25-16-21-20(26-8-5-13-36-26)10-9-17(2)14-24(21)33-25/h4-13,15-16,31,33H,3,14,30H2,1-2H3,(H,32,35). The monoisotopic (exact) mass is 493 g/mol. The van der Waals surface area contributed by atoms with Crippen LogP contribution in [0.5, 0.6) is 0 Å². The van der Waals surface area contributed by atoms with E-state index in [1.165, 1.54) is 10.5 Å². The summed E-state index contributed by atoms with van der Waals surface area (Å²) < 4.78 is 0. The van der Waals surface area contributed by atoms with Crippen LogP contribution in [-0.2, 0) is 11.2 Å². The summed E-state index contributed by atoms with van der Waals surface area (Å²) in [6, 6.07) is 17.3. The SMILES string of the molecule is CCC(=O)Nc1cccc(-c2ccc(N)c(C(=N)c3cc4c([nH]3)CC(C)=CC=C4c3cccs3)n2)c1. The first-order valence-corrected chi connectivity index (χ1v) is 12.7. The van der Waals surface area contributed by atoms with E-state index in [0.717, 1.165) is 28.8 Å². The van der Waals surface area contributed by atoms with Crippen LogP contribution in [0.3, 0.4) is 0 Å². The fourth-order valence-corrected chi connectivity index (χ4v) is 5.04. The normalized spacial score (nSPS) is 12.8. The fourth-order valence-electron chi connectivity index (χ4n) is 4.28. The van der Waals surface area contributed by atoms with Crippen molar-refractivity contribution in [3.63, 3.8) is 0 Å². The van der Waals surface area contributed by atoms with E-state index in [1.54, 1.807) is 17.4 Å². The number of hydrogen-bond acceptors (Lipinski definition) is 5. The van der Waals surface area contributed by atoms with Gasteiger partial charge in [-0.25, -0.2) is 4.98 Å². The lowest BCUT2D eigenvalue weighted by Crippen LogP contribution is -2.10. The molecule has 4 aromatic rings. The maximum atomic E-state index is 11.8. The highest BCUT2D eigenvalue weighted by molar-refractivity contribution is 7.11. The van der Waals surface area contributed by atoms with Crippen molar-refractivity contribution < 1.29 is 4.79 Å². The van der Waals surface area contributed by atoms with Gasteiger partial charge in [0.1, 0.15) is 11.4 Å². The van der Waals surface area contributed by atoms with Crippen LogP contribution in [0.4, 0.5) is 11.4 Å². The number of aromatic amines is 1. The number of amides is 1. The average molecular weight is 494 g/mol. The second-order valence-electron chi connectivity index (χ2n) is 8.81. The summed E-state index contributed by atoms with van der Waals surface area (Å²) in [5.74, 6) is -0.0487. The highest BCUT2D eigenvalue weighted by atomic mass is 32.1. The van der Waals surface area contributed by atoms with Crippen molar-refractivity contribution in [2.24, 2.45) is 0 Å². The lowest BCUT2D eigenvalue weighted by atomic mass is 10.0. The number of allylic oxidation sites excluding steroid dienone is 3. The number of nitrogens with two attached hydrogens (primary N) is 1. The van der Waals surface area contributed by atoms with Crippen LogP contribution in [0.2, 0.25) is 0 Å². The number of fused-ring (bicyclic) bond motifs is 1. The molecular formula is C29H27N5OS. The number of nitrogens with zero attached hydrogens (tertiary/aromatic N) is 1. The Labute approximate surface area is 214 Å². The quantitative estimate of drug-likeness (QED) is 0.233. The predicted molar refractivity (Wildman–Crippen MR) is 149 cm³/mol. The summed E-state index contributed by atoms with van der Waals surface area (Å²) in [7, 11) is 0. The van der Waals surface area contributed by atoms with Crippen LogP contribution in [0.25, 0.3) is 16.8 Å². The van der Waals surface area contributed by atoms with Crippen LogP contribution in [0, 0.1) is 5.41 Å². The van der Waals surface area contributed by atoms with Crippen LogP contribution >= 0.6 is 11.3 Å². The lowest BCUT2D eigenvalue weighted by molar-refractivity contribution is -0.115. The highest BCUT2D eigenvalue weighted by Gasteiger charge is 2.21. The van der Waals surface area contributed by atoms with Gasteiger partial charge < -0.3 is 16.0 Å². The Morgan fingerprint density at radius 1 is 1.17 bits per heavy atom. The van der Waals surface area contributed by atoms with Crippen LogP contribution in [0.1, 0.15) is 47.8 Å². The van der Waals surface area contributed by atoms with E-state index in [0.29, 0.717) is 34.9 Å². The molecule has 0 bridgehead atoms. The molecule has 1 amide bonds. The molecule has 0 saturated carbocycles. The Hall–Kier alpha value is -4.23. The molecule has 1 aliphatic carbocycles. The first-order valence-electron chi connectivity index (χ1n) is 11.8. The van der Waals surface area contributed by atoms with E-state index in [2.05, 4.69) is 46.9 Å². The zero-order valence-corrected chi connectivity index (χ0v) is 21.0. The molecule has 0 unspecified atom stereocenters. The summed E-state index contributed by atoms with van der Waals surface area (Å²) in [6.07, 6.45) is 5.51. The van der Waals surface area contributed by atoms with Crippen molar-refractivity contribution in [2.45, 2.75) is 26.7 Å². The Morgan fingerprint density at radius 2 is 2.03 bits per heavy atom. The zero-order valence-electron chi connectivity index (χ0n) is 20.2. The van der Waals surface area contributed by atoms with E-state index in [1.807, 2.05) is 43.3 Å². The molecule has 0 radical (unpaired) electrons. The summed E-state index contributed by atoms with van der Waals surface area (Å²) in [5.41, 5.74) is 14.9. The molecule has 0 fully saturated rings. The minimum atomic E-state index is -0.0487. The molecule has 1 aliphatic rings. The van der Waals surface area contributed by atoms with Crippen molar-refractivity contribution in [1.82, 2.24) is 9.97 Å². The van der Waals surface area contributed by atoms with Gasteiger partial charge in [-0.05, 0) is 48.7 Å². The number of hydrogen-bond donors (Lipinski definition) is 4. The molecule has 180 valence electrons. The third-order valence-electron chi connectivity index (χ3n) is 6.16. The van der Waals surface area contributed by atoms with Gasteiger partial charge in [-0.3, -0.25) is 10.2 Å². The molecule has 5 N–H and O–H groups in total. The highest BCUT2D eigenvalue weighted by Crippen LogP contribution is 2.34. The molecule has 1 aromatic carbocycles. The third kappa shape index (κ3) is 4.65. The Bertz CT molecular complexity index is 1520. The Kier molecular flexibility index (Phi) is 6.40. The molecule has 0 atom stereocenters. The first kappa shape index (κ1) is 23.5. The van der Waals surface area contributed by atoms with Gasteiger partial charge >= 0.3 is 0 Å². The van der Waals surface area contributed by atoms with Crippen molar-refractivity contribution in [3.8, 4) is 11.3 Å². The van der Waals surface area contributed by atoms with Crippen LogP contribution in [-0.4, -0.2) is 21.6 Å². The van der Waals surface area contributed by atoms with Crippen molar-refractivity contribution in [3.05, 3.63) is 105 Å². The number of anilines is 2. The fraction of sp³-hybridized carbons (Fsp3) is 0.138. The molecule has 0 saturated heterocycles. The zero-order chi connectivity index (χ0) is 25.2. The number of thiophene rings is 1. The molecule has 7 heteroatoms. The number of aromatic nitrogens is 2. The minimum absolute atomic E-state index is 0.0487. The maximum Gasteiger partial charge on any atom is 0.224 e. The van der Waals surface area contributed by atoms with Crippen LogP contribution in [0.15, 0.2) is 77.7 Å². The second kappa shape index (κ2) is 9.79. The molecule has 5 rings (SSSR count). The van der Waals surface area contributed by atoms with E-state index in [4.69, 9.17) is 16.1 Å². The van der Waals surface area contributed by atoms with Crippen molar-refractivity contribution >= 4 is 39.9 Å². The lowest BCUT2D eigenvalue weighted by Gasteiger charge is -2.10. The van der Waals surface area contributed by atoms with Gasteiger partial charge in [0.2, 0.25) is 5.91 Å². The Morgan fingerprint density at radius 3 is 2.81 bits per heavy atom. The van der Waals surface area contributed by atoms with Gasteiger partial charge in [0.15, 0.2) is 0 Å². The van der Waals surface area contributed by atoms with Gasteiger partial charge in [0, 0.05) is 45.8 Å². The number of nitrogens with one attached hydrogen (secondary N) is 3. The molecular weight excluding hydrogens is 466 g/mol. The number of H-pyrrole nitrogens is 1. The number of pyridine rings is 1. The molecule has 3 aromatic heterocycles. The summed E-state index contributed by atoms with van der Waals surface area (Å²) in [5, 5.41) is 14.0. The summed E-state index contributed by atoms with van der Waals surface area (Å²) in [4.78, 5) is 21.2. The van der Waals surface area contributed by atoms with Gasteiger partial charge in [0.25, 0.3) is 0 Å². The number of carbonyl (C=O) groups excluding carboxylic acids is 1. The van der Waals surface area contributed by atoms with E-state index in [-0.39, 0.29) is 11.6 Å². The molecule has 0 aliphatic heterocycles. The smallest absolute Gasteiger partial charge is 0.224 e. The van der Waals surface area contributed by atoms with Gasteiger partial charge in [-0.15, -0.1) is 11.3 Å². The number of carbonyl (C=O) groups is 1. The average Bonchev–Trinajstić information content (AvgIpc) is 3.53. The number of rotatable bonds is 6. The van der Waals surface area contributed by atoms with E-state index in [9.17, 15) is 4.79 Å². The van der Waals surface area contributed by atoms with Gasteiger partial charge in [-0.2, -0.15) is 0 Å². The molecule has 0 spiro atoms. The first-order chi connectivity index (χ1) is 17.4. The third-order valence-corrected chi connectivity index (χ3v) is 7.07. The summed E-state index contributed by atoms with van der Waals surface area (Å²) >= 11 is 1.70. The van der Waals surface area contributed by atoms with E-state index < -0.39 is 0 Å². The number of benzene rings is 1. The maximum absolute atomic E-state index is 11.8. The van der Waals surface area contributed by atoms with Crippen molar-refractivity contribution in [2.75, 3.05) is 11.1 Å². The number of nitrogen functional groups attached to an aromatic ring is 1. The molecule has 3 heterocycles. The van der Waals surface area contributed by atoms with Crippen LogP contribution < -0.4 is 11.1 Å². The summed E-state index contributed by atoms with van der Waals surface area (Å²) in [6.45, 7) is 3.93. The van der Waals surface area contributed by atoms with Gasteiger partial charge in [0.05, 0.1) is 17.1 Å². The Balaban J connectivity index is 1.50. The minimum Gasteiger partial charge on any atom is -0.397 e. The van der Waals surface area contributed by atoms with Crippen molar-refractivity contribution in [1.29, 1.82) is 5.41 Å². The van der Waals surface area contributed by atoms with E-state index >= 15 is 0 Å². The topological polar surface area (TPSA) is 108 Å². The largest absolute Gasteiger partial charge is 0.397 e. The molecule has 6 nitrogen and oxygen atoms in total. The predicted octanol–water partition coefficient (Wildman–Crippen LogP) is 6.42.